The van der Waals surface area contributed by atoms with Gasteiger partial charge >= 0.3 is 5.97 Å². The highest BCUT2D eigenvalue weighted by Gasteiger charge is 2.35. The predicted molar refractivity (Wildman–Crippen MR) is 68.3 cm³/mol. The summed E-state index contributed by atoms with van der Waals surface area (Å²) >= 11 is 0. The first-order chi connectivity index (χ1) is 8.41. The summed E-state index contributed by atoms with van der Waals surface area (Å²) in [6.07, 6.45) is 2.46. The smallest absolute Gasteiger partial charge is 0.308 e. The van der Waals surface area contributed by atoms with E-state index < -0.39 is 18.2 Å². The molecule has 4 atom stereocenters. The van der Waals surface area contributed by atoms with Crippen LogP contribution in [-0.2, 0) is 4.79 Å². The number of hydrogen-bond acceptors (Lipinski definition) is 4. The molecule has 0 radical (unpaired) electrons. The van der Waals surface area contributed by atoms with Gasteiger partial charge in [-0.15, -0.1) is 0 Å². The maximum absolute atomic E-state index is 11.3. The van der Waals surface area contributed by atoms with E-state index in [1.807, 2.05) is 4.90 Å². The van der Waals surface area contributed by atoms with Gasteiger partial charge in [0, 0.05) is 19.1 Å². The Bertz CT molecular complexity index is 258. The van der Waals surface area contributed by atoms with Gasteiger partial charge in [0.25, 0.3) is 0 Å². The zero-order valence-electron chi connectivity index (χ0n) is 11.2. The van der Waals surface area contributed by atoms with Crippen molar-refractivity contribution in [3.05, 3.63) is 0 Å². The molecule has 1 saturated carbocycles. The van der Waals surface area contributed by atoms with Crippen molar-refractivity contribution in [3.8, 4) is 0 Å². The van der Waals surface area contributed by atoms with E-state index in [4.69, 9.17) is 0 Å². The molecule has 0 spiro atoms. The van der Waals surface area contributed by atoms with E-state index in [1.165, 1.54) is 0 Å². The molecular weight excluding hydrogens is 234 g/mol. The molecule has 5 nitrogen and oxygen atoms in total. The molecule has 0 amide bonds. The number of aliphatic carboxylic acids is 1. The third-order valence-electron chi connectivity index (χ3n) is 3.51. The van der Waals surface area contributed by atoms with Crippen LogP contribution in [0.15, 0.2) is 0 Å². The fourth-order valence-electron chi connectivity index (χ4n) is 2.86. The Morgan fingerprint density at radius 3 is 2.11 bits per heavy atom. The Morgan fingerprint density at radius 2 is 1.67 bits per heavy atom. The van der Waals surface area contributed by atoms with Crippen molar-refractivity contribution in [1.82, 2.24) is 4.90 Å². The molecular formula is C13H25NO4. The van der Waals surface area contributed by atoms with Crippen molar-refractivity contribution in [1.29, 1.82) is 0 Å². The normalized spacial score (nSPS) is 28.1. The van der Waals surface area contributed by atoms with E-state index in [0.717, 1.165) is 19.3 Å². The number of nitrogens with zero attached hydrogens (tertiary/aromatic N) is 1. The van der Waals surface area contributed by atoms with Crippen LogP contribution in [0.1, 0.15) is 39.5 Å². The number of carboxylic acids is 1. The molecule has 0 aromatic carbocycles. The van der Waals surface area contributed by atoms with Gasteiger partial charge in [-0.25, -0.2) is 0 Å². The molecule has 0 aromatic rings. The van der Waals surface area contributed by atoms with Crippen molar-refractivity contribution in [3.63, 3.8) is 0 Å². The first-order valence-electron chi connectivity index (χ1n) is 6.74. The van der Waals surface area contributed by atoms with Crippen molar-refractivity contribution in [2.75, 3.05) is 13.1 Å². The zero-order valence-corrected chi connectivity index (χ0v) is 11.2. The van der Waals surface area contributed by atoms with Gasteiger partial charge in [0.1, 0.15) is 0 Å². The molecule has 2 unspecified atom stereocenters. The van der Waals surface area contributed by atoms with E-state index in [-0.39, 0.29) is 12.0 Å². The Labute approximate surface area is 108 Å². The lowest BCUT2D eigenvalue weighted by Crippen LogP contribution is -2.50. The van der Waals surface area contributed by atoms with Gasteiger partial charge in [-0.1, -0.05) is 12.8 Å². The summed E-state index contributed by atoms with van der Waals surface area (Å²) in [6.45, 7) is 4.21. The average molecular weight is 259 g/mol. The summed E-state index contributed by atoms with van der Waals surface area (Å²) in [6, 6.07) is -0.0690. The van der Waals surface area contributed by atoms with Crippen LogP contribution in [0.3, 0.4) is 0 Å². The fourth-order valence-corrected chi connectivity index (χ4v) is 2.86. The third-order valence-corrected chi connectivity index (χ3v) is 3.51. The van der Waals surface area contributed by atoms with Crippen LogP contribution in [0.2, 0.25) is 0 Å². The molecule has 106 valence electrons. The maximum Gasteiger partial charge on any atom is 0.308 e. The lowest BCUT2D eigenvalue weighted by atomic mass is 9.83. The van der Waals surface area contributed by atoms with E-state index >= 15 is 0 Å². The molecule has 1 aliphatic carbocycles. The van der Waals surface area contributed by atoms with E-state index in [9.17, 15) is 20.1 Å². The van der Waals surface area contributed by atoms with Crippen LogP contribution in [0.5, 0.6) is 0 Å². The van der Waals surface area contributed by atoms with Crippen LogP contribution >= 0.6 is 0 Å². The number of aliphatic hydroxyl groups is 2. The predicted octanol–water partition coefficient (Wildman–Crippen LogP) is 0.693. The lowest BCUT2D eigenvalue weighted by molar-refractivity contribution is -0.146. The summed E-state index contributed by atoms with van der Waals surface area (Å²) in [4.78, 5) is 13.2. The number of aliphatic hydroxyl groups excluding tert-OH is 2. The standard InChI is InChI=1S/C13H25NO4/c1-9(15)7-14(8-10(2)16)12-6-4-3-5-11(12)13(17)18/h9-12,15-16H,3-8H2,1-2H3,(H,17,18)/t9?,10?,11-,12+/m1/s1. The summed E-state index contributed by atoms with van der Waals surface area (Å²) in [5.41, 5.74) is 0. The Hall–Kier alpha value is -0.650. The van der Waals surface area contributed by atoms with Crippen molar-refractivity contribution in [2.45, 2.75) is 57.8 Å². The number of carboxylic acid groups (broad SMARTS) is 1. The van der Waals surface area contributed by atoms with Gasteiger partial charge in [-0.05, 0) is 26.7 Å². The largest absolute Gasteiger partial charge is 0.481 e. The summed E-state index contributed by atoms with van der Waals surface area (Å²) in [5, 5.41) is 28.3. The van der Waals surface area contributed by atoms with Crippen LogP contribution < -0.4 is 0 Å². The second kappa shape index (κ2) is 7.07. The van der Waals surface area contributed by atoms with Crippen LogP contribution in [0, 0.1) is 5.92 Å². The van der Waals surface area contributed by atoms with Crippen molar-refractivity contribution >= 4 is 5.97 Å². The van der Waals surface area contributed by atoms with Crippen molar-refractivity contribution in [2.24, 2.45) is 5.92 Å². The number of rotatable bonds is 6. The molecule has 0 saturated heterocycles. The first-order valence-corrected chi connectivity index (χ1v) is 6.74. The minimum atomic E-state index is -0.763. The monoisotopic (exact) mass is 259 g/mol. The molecule has 0 heterocycles. The van der Waals surface area contributed by atoms with E-state index in [2.05, 4.69) is 0 Å². The van der Waals surface area contributed by atoms with Gasteiger partial charge in [0.05, 0.1) is 18.1 Å². The second-order valence-electron chi connectivity index (χ2n) is 5.45. The number of hydrogen-bond donors (Lipinski definition) is 3. The third kappa shape index (κ3) is 4.55. The minimum Gasteiger partial charge on any atom is -0.481 e. The Balaban J connectivity index is 2.76. The first kappa shape index (κ1) is 15.4. The molecule has 0 aromatic heterocycles. The molecule has 1 aliphatic rings. The van der Waals surface area contributed by atoms with Gasteiger partial charge in [-0.3, -0.25) is 9.69 Å². The molecule has 5 heteroatoms. The van der Waals surface area contributed by atoms with Crippen LogP contribution in [0.25, 0.3) is 0 Å². The molecule has 18 heavy (non-hydrogen) atoms. The molecule has 1 rings (SSSR count). The zero-order chi connectivity index (χ0) is 13.7. The SMILES string of the molecule is CC(O)CN(CC(C)O)[C@H]1CCCC[C@H]1C(=O)O. The van der Waals surface area contributed by atoms with E-state index in [1.54, 1.807) is 13.8 Å². The number of carbonyl (C=O) groups is 1. The maximum atomic E-state index is 11.3. The molecule has 3 N–H and O–H groups in total. The lowest BCUT2D eigenvalue weighted by Gasteiger charge is -2.39. The molecule has 0 bridgehead atoms. The molecule has 0 aliphatic heterocycles. The molecule has 1 fully saturated rings. The van der Waals surface area contributed by atoms with Gasteiger partial charge in [0.2, 0.25) is 0 Å². The topological polar surface area (TPSA) is 81.0 Å². The highest BCUT2D eigenvalue weighted by atomic mass is 16.4. The fraction of sp³-hybridized carbons (Fsp3) is 0.923. The summed E-state index contributed by atoms with van der Waals surface area (Å²) < 4.78 is 0. The van der Waals surface area contributed by atoms with Gasteiger partial charge in [0.15, 0.2) is 0 Å². The van der Waals surface area contributed by atoms with Gasteiger partial charge in [-0.2, -0.15) is 0 Å². The van der Waals surface area contributed by atoms with Gasteiger partial charge < -0.3 is 15.3 Å². The Kier molecular flexibility index (Phi) is 6.05. The van der Waals surface area contributed by atoms with Crippen LogP contribution in [-0.4, -0.2) is 57.5 Å². The van der Waals surface area contributed by atoms with Crippen LogP contribution in [0.4, 0.5) is 0 Å². The van der Waals surface area contributed by atoms with Crippen molar-refractivity contribution < 1.29 is 20.1 Å². The Morgan fingerprint density at radius 1 is 1.17 bits per heavy atom. The minimum absolute atomic E-state index is 0.0690. The van der Waals surface area contributed by atoms with E-state index in [0.29, 0.717) is 19.5 Å². The highest BCUT2D eigenvalue weighted by molar-refractivity contribution is 5.71. The second-order valence-corrected chi connectivity index (χ2v) is 5.45. The summed E-state index contributed by atoms with van der Waals surface area (Å²) in [5.74, 6) is -1.14. The highest BCUT2D eigenvalue weighted by Crippen LogP contribution is 2.29. The quantitative estimate of drug-likeness (QED) is 0.654. The average Bonchev–Trinajstić information content (AvgIpc) is 2.26. The summed E-state index contributed by atoms with van der Waals surface area (Å²) in [7, 11) is 0.